The summed E-state index contributed by atoms with van der Waals surface area (Å²) < 4.78 is 1.99. The van der Waals surface area contributed by atoms with Gasteiger partial charge >= 0.3 is 0 Å². The standard InChI is InChI=1S/C13H21N3O2/c1-9-6-11(10(2)16(9)5)12(17)7-15(4)8-13(18)14-3/h6H,7-8H2,1-5H3,(H,14,18). The second-order valence-electron chi connectivity index (χ2n) is 4.61. The van der Waals surface area contributed by atoms with Crippen molar-refractivity contribution in [2.24, 2.45) is 7.05 Å². The zero-order valence-electron chi connectivity index (χ0n) is 11.7. The topological polar surface area (TPSA) is 54.3 Å². The summed E-state index contributed by atoms with van der Waals surface area (Å²) in [7, 11) is 5.29. The quantitative estimate of drug-likeness (QED) is 0.775. The van der Waals surface area contributed by atoms with Crippen molar-refractivity contribution in [3.8, 4) is 0 Å². The van der Waals surface area contributed by atoms with E-state index in [-0.39, 0.29) is 24.8 Å². The Hall–Kier alpha value is -1.62. The normalized spacial score (nSPS) is 10.8. The molecule has 5 heteroatoms. The average Bonchev–Trinajstić information content (AvgIpc) is 2.56. The summed E-state index contributed by atoms with van der Waals surface area (Å²) in [5.41, 5.74) is 2.76. The minimum absolute atomic E-state index is 0.0441. The molecule has 0 aliphatic rings. The largest absolute Gasteiger partial charge is 0.358 e. The SMILES string of the molecule is CNC(=O)CN(C)CC(=O)c1cc(C)n(C)c1C. The molecule has 1 aromatic rings. The number of Topliss-reactive ketones (excluding diaryl/α,β-unsaturated/α-hetero) is 1. The minimum atomic E-state index is -0.0914. The van der Waals surface area contributed by atoms with Crippen molar-refractivity contribution in [2.75, 3.05) is 27.2 Å². The van der Waals surface area contributed by atoms with Crippen LogP contribution < -0.4 is 5.32 Å². The zero-order chi connectivity index (χ0) is 13.9. The van der Waals surface area contributed by atoms with Crippen molar-refractivity contribution >= 4 is 11.7 Å². The van der Waals surface area contributed by atoms with Crippen molar-refractivity contribution in [1.82, 2.24) is 14.8 Å². The molecule has 0 aliphatic heterocycles. The van der Waals surface area contributed by atoms with Gasteiger partial charge in [0.05, 0.1) is 13.1 Å². The molecule has 5 nitrogen and oxygen atoms in total. The van der Waals surface area contributed by atoms with Gasteiger partial charge in [0.1, 0.15) is 0 Å². The van der Waals surface area contributed by atoms with E-state index < -0.39 is 0 Å². The van der Waals surface area contributed by atoms with Crippen LogP contribution in [0.25, 0.3) is 0 Å². The first-order valence-corrected chi connectivity index (χ1v) is 5.92. The van der Waals surface area contributed by atoms with E-state index in [1.807, 2.05) is 31.5 Å². The molecule has 1 heterocycles. The lowest BCUT2D eigenvalue weighted by Crippen LogP contribution is -2.36. The summed E-state index contributed by atoms with van der Waals surface area (Å²) in [5, 5.41) is 2.54. The maximum atomic E-state index is 12.1. The van der Waals surface area contributed by atoms with Gasteiger partial charge in [-0.3, -0.25) is 14.5 Å². The maximum Gasteiger partial charge on any atom is 0.233 e. The van der Waals surface area contributed by atoms with Crippen LogP contribution in [-0.4, -0.2) is 48.3 Å². The fraction of sp³-hybridized carbons (Fsp3) is 0.538. The van der Waals surface area contributed by atoms with Crippen LogP contribution in [0.3, 0.4) is 0 Å². The summed E-state index contributed by atoms with van der Waals surface area (Å²) >= 11 is 0. The van der Waals surface area contributed by atoms with Crippen LogP contribution in [0.1, 0.15) is 21.7 Å². The van der Waals surface area contributed by atoms with E-state index in [2.05, 4.69) is 5.32 Å². The molecule has 0 radical (unpaired) electrons. The predicted octanol–water partition coefficient (Wildman–Crippen LogP) is 0.502. The summed E-state index contributed by atoms with van der Waals surface area (Å²) in [6.07, 6.45) is 0. The highest BCUT2D eigenvalue weighted by Crippen LogP contribution is 2.14. The lowest BCUT2D eigenvalue weighted by Gasteiger charge is -2.14. The third-order valence-electron chi connectivity index (χ3n) is 3.18. The third-order valence-corrected chi connectivity index (χ3v) is 3.18. The van der Waals surface area contributed by atoms with Crippen LogP contribution in [0.15, 0.2) is 6.07 Å². The molecule has 0 bridgehead atoms. The van der Waals surface area contributed by atoms with Crippen molar-refractivity contribution in [3.05, 3.63) is 23.0 Å². The van der Waals surface area contributed by atoms with Gasteiger partial charge in [-0.2, -0.15) is 0 Å². The van der Waals surface area contributed by atoms with Crippen molar-refractivity contribution in [3.63, 3.8) is 0 Å². The first-order valence-electron chi connectivity index (χ1n) is 5.92. The van der Waals surface area contributed by atoms with Crippen LogP contribution >= 0.6 is 0 Å². The van der Waals surface area contributed by atoms with Gasteiger partial charge in [-0.15, -0.1) is 0 Å². The van der Waals surface area contributed by atoms with Crippen LogP contribution in [0.5, 0.6) is 0 Å². The van der Waals surface area contributed by atoms with Gasteiger partial charge in [0.2, 0.25) is 5.91 Å². The number of rotatable bonds is 5. The minimum Gasteiger partial charge on any atom is -0.358 e. The molecule has 18 heavy (non-hydrogen) atoms. The van der Waals surface area contributed by atoms with Gasteiger partial charge in [-0.25, -0.2) is 0 Å². The number of hydrogen-bond donors (Lipinski definition) is 1. The zero-order valence-corrected chi connectivity index (χ0v) is 11.7. The molecule has 0 aromatic carbocycles. The Morgan fingerprint density at radius 2 is 1.94 bits per heavy atom. The Labute approximate surface area is 108 Å². The van der Waals surface area contributed by atoms with Gasteiger partial charge < -0.3 is 9.88 Å². The van der Waals surface area contributed by atoms with E-state index in [9.17, 15) is 9.59 Å². The summed E-state index contributed by atoms with van der Waals surface area (Å²) in [5.74, 6) is -0.0473. The molecular weight excluding hydrogens is 230 g/mol. The highest BCUT2D eigenvalue weighted by molar-refractivity contribution is 5.99. The first kappa shape index (κ1) is 14.4. The summed E-state index contributed by atoms with van der Waals surface area (Å²) in [4.78, 5) is 25.0. The average molecular weight is 251 g/mol. The molecule has 100 valence electrons. The number of nitrogens with one attached hydrogen (secondary N) is 1. The van der Waals surface area contributed by atoms with E-state index in [0.29, 0.717) is 0 Å². The highest BCUT2D eigenvalue weighted by atomic mass is 16.2. The Morgan fingerprint density at radius 3 is 2.39 bits per heavy atom. The second kappa shape index (κ2) is 5.82. The first-order chi connectivity index (χ1) is 8.36. The van der Waals surface area contributed by atoms with Crippen molar-refractivity contribution in [2.45, 2.75) is 13.8 Å². The van der Waals surface area contributed by atoms with Crippen LogP contribution in [0, 0.1) is 13.8 Å². The van der Waals surface area contributed by atoms with E-state index >= 15 is 0 Å². The molecule has 1 rings (SSSR count). The molecule has 0 saturated carbocycles. The Bertz CT molecular complexity index is 463. The predicted molar refractivity (Wildman–Crippen MR) is 70.8 cm³/mol. The Balaban J connectivity index is 2.71. The number of aromatic nitrogens is 1. The maximum absolute atomic E-state index is 12.1. The van der Waals surface area contributed by atoms with Crippen molar-refractivity contribution < 1.29 is 9.59 Å². The molecule has 0 unspecified atom stereocenters. The van der Waals surface area contributed by atoms with E-state index in [0.717, 1.165) is 17.0 Å². The van der Waals surface area contributed by atoms with Gasteiger partial charge in [0.25, 0.3) is 0 Å². The second-order valence-corrected chi connectivity index (χ2v) is 4.61. The van der Waals surface area contributed by atoms with E-state index in [1.54, 1.807) is 19.0 Å². The lowest BCUT2D eigenvalue weighted by molar-refractivity contribution is -0.121. The third kappa shape index (κ3) is 3.20. The highest BCUT2D eigenvalue weighted by Gasteiger charge is 2.16. The summed E-state index contributed by atoms with van der Waals surface area (Å²) in [6.45, 7) is 4.38. The number of ketones is 1. The number of carbonyl (C=O) groups is 2. The number of carbonyl (C=O) groups excluding carboxylic acids is 2. The number of hydrogen-bond acceptors (Lipinski definition) is 3. The van der Waals surface area contributed by atoms with E-state index in [1.165, 1.54) is 0 Å². The molecule has 0 aliphatic carbocycles. The van der Waals surface area contributed by atoms with Crippen LogP contribution in [-0.2, 0) is 11.8 Å². The fourth-order valence-corrected chi connectivity index (χ4v) is 1.85. The molecule has 0 fully saturated rings. The molecule has 1 N–H and O–H groups in total. The van der Waals surface area contributed by atoms with Crippen LogP contribution in [0.4, 0.5) is 0 Å². The number of likely N-dealkylation sites (N-methyl/N-ethyl adjacent to an activating group) is 2. The smallest absolute Gasteiger partial charge is 0.233 e. The lowest BCUT2D eigenvalue weighted by atomic mass is 10.1. The van der Waals surface area contributed by atoms with Crippen LogP contribution in [0.2, 0.25) is 0 Å². The van der Waals surface area contributed by atoms with Gasteiger partial charge in [0, 0.05) is 31.0 Å². The molecule has 0 saturated heterocycles. The molecular formula is C13H21N3O2. The van der Waals surface area contributed by atoms with Gasteiger partial charge in [-0.05, 0) is 27.0 Å². The summed E-state index contributed by atoms with van der Waals surface area (Å²) in [6, 6.07) is 1.89. The number of amides is 1. The molecule has 0 spiro atoms. The molecule has 1 amide bonds. The van der Waals surface area contributed by atoms with Gasteiger partial charge in [0.15, 0.2) is 5.78 Å². The monoisotopic (exact) mass is 251 g/mol. The van der Waals surface area contributed by atoms with Crippen molar-refractivity contribution in [1.29, 1.82) is 0 Å². The Morgan fingerprint density at radius 1 is 1.33 bits per heavy atom. The number of aryl methyl sites for hydroxylation is 1. The molecule has 0 atom stereocenters. The van der Waals surface area contributed by atoms with Gasteiger partial charge in [-0.1, -0.05) is 0 Å². The van der Waals surface area contributed by atoms with E-state index in [4.69, 9.17) is 0 Å². The molecule has 1 aromatic heterocycles. The fourth-order valence-electron chi connectivity index (χ4n) is 1.85. The Kier molecular flexibility index (Phi) is 4.67. The number of nitrogens with zero attached hydrogens (tertiary/aromatic N) is 2.